The number of nitrogens with two attached hydrogens (primary N) is 1. The van der Waals surface area contributed by atoms with Gasteiger partial charge in [-0.25, -0.2) is 0 Å². The molecule has 0 amide bonds. The Morgan fingerprint density at radius 1 is 1.67 bits per heavy atom. The molecule has 0 fully saturated rings. The third-order valence-electron chi connectivity index (χ3n) is 0.874. The first-order valence-corrected chi connectivity index (χ1v) is 5.50. The molecule has 0 aliphatic rings. The van der Waals surface area contributed by atoms with Gasteiger partial charge in [-0.05, 0) is 0 Å². The standard InChI is InChI=1S/C5H5Cl2N3S2/c6-1-3(7)2-11-5-10-9-4(8)12-5/h1H,2H2,(H2,8,9). The van der Waals surface area contributed by atoms with E-state index in [0.29, 0.717) is 15.9 Å². The number of rotatable bonds is 3. The molecule has 3 nitrogen and oxygen atoms in total. The normalized spacial score (nSPS) is 12.0. The van der Waals surface area contributed by atoms with E-state index in [2.05, 4.69) is 10.2 Å². The van der Waals surface area contributed by atoms with E-state index in [1.165, 1.54) is 28.6 Å². The van der Waals surface area contributed by atoms with Crippen LogP contribution in [-0.2, 0) is 0 Å². The van der Waals surface area contributed by atoms with Crippen molar-refractivity contribution < 1.29 is 0 Å². The van der Waals surface area contributed by atoms with Crippen LogP contribution in [-0.4, -0.2) is 16.0 Å². The lowest BCUT2D eigenvalue weighted by Gasteiger charge is -1.91. The van der Waals surface area contributed by atoms with Crippen LogP contribution in [0.4, 0.5) is 5.13 Å². The van der Waals surface area contributed by atoms with Crippen LogP contribution in [0, 0.1) is 0 Å². The summed E-state index contributed by atoms with van der Waals surface area (Å²) in [4.78, 5) is 0. The van der Waals surface area contributed by atoms with Crippen LogP contribution < -0.4 is 5.73 Å². The molecule has 0 atom stereocenters. The van der Waals surface area contributed by atoms with E-state index < -0.39 is 0 Å². The van der Waals surface area contributed by atoms with Gasteiger partial charge in [-0.15, -0.1) is 10.2 Å². The zero-order valence-electron chi connectivity index (χ0n) is 5.83. The summed E-state index contributed by atoms with van der Waals surface area (Å²) in [6.07, 6.45) is 0. The number of hydrogen-bond donors (Lipinski definition) is 1. The highest BCUT2D eigenvalue weighted by Crippen LogP contribution is 2.26. The minimum atomic E-state index is 0.462. The number of thioether (sulfide) groups is 1. The Labute approximate surface area is 88.0 Å². The second-order valence-electron chi connectivity index (χ2n) is 1.75. The predicted molar refractivity (Wildman–Crippen MR) is 54.8 cm³/mol. The van der Waals surface area contributed by atoms with Gasteiger partial charge in [0.1, 0.15) is 0 Å². The summed E-state index contributed by atoms with van der Waals surface area (Å²) < 4.78 is 0.796. The molecule has 0 saturated carbocycles. The predicted octanol–water partition coefficient (Wildman–Crippen LogP) is 2.53. The number of nitrogen functional groups attached to an aromatic ring is 1. The van der Waals surface area contributed by atoms with Gasteiger partial charge in [0.05, 0.1) is 0 Å². The van der Waals surface area contributed by atoms with E-state index in [0.717, 1.165) is 4.34 Å². The molecule has 0 aliphatic heterocycles. The second-order valence-corrected chi connectivity index (χ2v) is 4.69. The van der Waals surface area contributed by atoms with Gasteiger partial charge in [0.15, 0.2) is 4.34 Å². The van der Waals surface area contributed by atoms with Crippen molar-refractivity contribution >= 4 is 51.4 Å². The van der Waals surface area contributed by atoms with Crippen molar-refractivity contribution in [2.75, 3.05) is 11.5 Å². The molecule has 0 unspecified atom stereocenters. The highest BCUT2D eigenvalue weighted by atomic mass is 35.5. The molecule has 66 valence electrons. The first-order valence-electron chi connectivity index (χ1n) is 2.89. The zero-order valence-corrected chi connectivity index (χ0v) is 8.97. The van der Waals surface area contributed by atoms with Crippen molar-refractivity contribution in [2.45, 2.75) is 4.34 Å². The second kappa shape index (κ2) is 4.91. The van der Waals surface area contributed by atoms with E-state index in [1.807, 2.05) is 0 Å². The molecule has 1 aromatic heterocycles. The van der Waals surface area contributed by atoms with Crippen molar-refractivity contribution in [2.24, 2.45) is 0 Å². The first kappa shape index (κ1) is 10.1. The van der Waals surface area contributed by atoms with Crippen LogP contribution >= 0.6 is 46.3 Å². The summed E-state index contributed by atoms with van der Waals surface area (Å²) in [5.41, 5.74) is 6.71. The topological polar surface area (TPSA) is 51.8 Å². The molecular weight excluding hydrogens is 237 g/mol. The van der Waals surface area contributed by atoms with Crippen molar-refractivity contribution in [1.29, 1.82) is 0 Å². The Balaban J connectivity index is 2.43. The van der Waals surface area contributed by atoms with Crippen molar-refractivity contribution in [3.8, 4) is 0 Å². The summed E-state index contributed by atoms with van der Waals surface area (Å²) >= 11 is 13.8. The third kappa shape index (κ3) is 3.18. The van der Waals surface area contributed by atoms with Crippen LogP contribution in [0.5, 0.6) is 0 Å². The van der Waals surface area contributed by atoms with Gasteiger partial charge in [-0.2, -0.15) is 0 Å². The minimum absolute atomic E-state index is 0.462. The number of hydrogen-bond acceptors (Lipinski definition) is 5. The maximum Gasteiger partial charge on any atom is 0.203 e. The van der Waals surface area contributed by atoms with Crippen LogP contribution in [0.3, 0.4) is 0 Å². The fraction of sp³-hybridized carbons (Fsp3) is 0.200. The van der Waals surface area contributed by atoms with Gasteiger partial charge in [0, 0.05) is 16.3 Å². The minimum Gasteiger partial charge on any atom is -0.374 e. The number of aromatic nitrogens is 2. The van der Waals surface area contributed by atoms with E-state index in [9.17, 15) is 0 Å². The van der Waals surface area contributed by atoms with Crippen molar-refractivity contribution in [3.63, 3.8) is 0 Å². The smallest absolute Gasteiger partial charge is 0.203 e. The summed E-state index contributed by atoms with van der Waals surface area (Å²) in [5, 5.41) is 8.49. The molecule has 0 saturated heterocycles. The van der Waals surface area contributed by atoms with Crippen molar-refractivity contribution in [1.82, 2.24) is 10.2 Å². The van der Waals surface area contributed by atoms with Gasteiger partial charge >= 0.3 is 0 Å². The summed E-state index contributed by atoms with van der Waals surface area (Å²) in [7, 11) is 0. The molecule has 0 spiro atoms. The Hall–Kier alpha value is 0.0300. The molecule has 1 heterocycles. The third-order valence-corrected chi connectivity index (χ3v) is 3.58. The average Bonchev–Trinajstić information content (AvgIpc) is 2.47. The molecule has 0 radical (unpaired) electrons. The Morgan fingerprint density at radius 2 is 2.42 bits per heavy atom. The Kier molecular flexibility index (Phi) is 4.14. The van der Waals surface area contributed by atoms with E-state index in [1.54, 1.807) is 0 Å². The number of nitrogens with zero attached hydrogens (tertiary/aromatic N) is 2. The molecule has 0 aliphatic carbocycles. The van der Waals surface area contributed by atoms with Gasteiger partial charge in [0.25, 0.3) is 0 Å². The van der Waals surface area contributed by atoms with Gasteiger partial charge < -0.3 is 5.73 Å². The van der Waals surface area contributed by atoms with Crippen molar-refractivity contribution in [3.05, 3.63) is 10.6 Å². The largest absolute Gasteiger partial charge is 0.374 e. The van der Waals surface area contributed by atoms with Gasteiger partial charge in [-0.1, -0.05) is 46.3 Å². The van der Waals surface area contributed by atoms with E-state index in [4.69, 9.17) is 28.9 Å². The van der Waals surface area contributed by atoms with Crippen LogP contribution in [0.25, 0.3) is 0 Å². The van der Waals surface area contributed by atoms with Crippen LogP contribution in [0.15, 0.2) is 14.9 Å². The Morgan fingerprint density at radius 3 is 2.92 bits per heavy atom. The number of anilines is 1. The highest BCUT2D eigenvalue weighted by Gasteiger charge is 2.01. The zero-order chi connectivity index (χ0) is 8.97. The summed E-state index contributed by atoms with van der Waals surface area (Å²) in [6.45, 7) is 0. The summed E-state index contributed by atoms with van der Waals surface area (Å²) in [6, 6.07) is 0. The monoisotopic (exact) mass is 241 g/mol. The van der Waals surface area contributed by atoms with Gasteiger partial charge in [0.2, 0.25) is 5.13 Å². The molecule has 1 aromatic rings. The van der Waals surface area contributed by atoms with E-state index in [-0.39, 0.29) is 0 Å². The fourth-order valence-corrected chi connectivity index (χ4v) is 2.23. The lowest BCUT2D eigenvalue weighted by atomic mass is 10.7. The molecule has 7 heteroatoms. The average molecular weight is 242 g/mol. The molecule has 12 heavy (non-hydrogen) atoms. The quantitative estimate of drug-likeness (QED) is 0.827. The first-order chi connectivity index (χ1) is 5.72. The fourth-order valence-electron chi connectivity index (χ4n) is 0.441. The number of halogens is 2. The molecule has 0 bridgehead atoms. The Bertz CT molecular complexity index is 286. The lowest BCUT2D eigenvalue weighted by molar-refractivity contribution is 1.02. The van der Waals surface area contributed by atoms with Gasteiger partial charge in [-0.3, -0.25) is 0 Å². The molecular formula is C5H5Cl2N3S2. The molecule has 1 rings (SSSR count). The lowest BCUT2D eigenvalue weighted by Crippen LogP contribution is -1.80. The maximum absolute atomic E-state index is 5.66. The van der Waals surface area contributed by atoms with Crippen LogP contribution in [0.1, 0.15) is 0 Å². The van der Waals surface area contributed by atoms with Crippen LogP contribution in [0.2, 0.25) is 0 Å². The molecule has 2 N–H and O–H groups in total. The van der Waals surface area contributed by atoms with E-state index >= 15 is 0 Å². The molecule has 0 aromatic carbocycles. The maximum atomic E-state index is 5.66. The highest BCUT2D eigenvalue weighted by molar-refractivity contribution is 8.01. The summed E-state index contributed by atoms with van der Waals surface area (Å²) in [5.74, 6) is 0.597. The SMILES string of the molecule is Nc1nnc(SCC(Cl)=CCl)s1.